The van der Waals surface area contributed by atoms with Crippen molar-refractivity contribution in [3.63, 3.8) is 0 Å². The summed E-state index contributed by atoms with van der Waals surface area (Å²) < 4.78 is 6.31. The standard InChI is InChI=1S/C21H24N2O/c1-3-9-17(10-4-1)14-15-22-21-23-16-8-7-13-19(23)20(24-21)18-11-5-2-6-12-18/h1-6,9-12,19-20H,7-8,13-16H2. The van der Waals surface area contributed by atoms with E-state index in [0.717, 1.165) is 25.5 Å². The fourth-order valence-electron chi connectivity index (χ4n) is 3.76. The number of fused-ring (bicyclic) bond motifs is 1. The van der Waals surface area contributed by atoms with Crippen molar-refractivity contribution < 1.29 is 4.74 Å². The van der Waals surface area contributed by atoms with Gasteiger partial charge in [-0.05, 0) is 36.8 Å². The molecule has 2 aliphatic rings. The first-order valence-corrected chi connectivity index (χ1v) is 8.98. The molecule has 24 heavy (non-hydrogen) atoms. The van der Waals surface area contributed by atoms with Crippen molar-refractivity contribution >= 4 is 6.02 Å². The maximum absolute atomic E-state index is 6.31. The van der Waals surface area contributed by atoms with E-state index < -0.39 is 0 Å². The van der Waals surface area contributed by atoms with Crippen LogP contribution in [0.2, 0.25) is 0 Å². The Morgan fingerprint density at radius 1 is 0.958 bits per heavy atom. The van der Waals surface area contributed by atoms with E-state index >= 15 is 0 Å². The van der Waals surface area contributed by atoms with Crippen molar-refractivity contribution in [3.8, 4) is 0 Å². The van der Waals surface area contributed by atoms with Gasteiger partial charge < -0.3 is 9.64 Å². The molecule has 0 amide bonds. The highest BCUT2D eigenvalue weighted by Gasteiger charge is 2.41. The van der Waals surface area contributed by atoms with Gasteiger partial charge in [0.15, 0.2) is 0 Å². The molecule has 0 bridgehead atoms. The van der Waals surface area contributed by atoms with E-state index in [-0.39, 0.29) is 6.10 Å². The lowest BCUT2D eigenvalue weighted by Gasteiger charge is -2.30. The highest BCUT2D eigenvalue weighted by atomic mass is 16.5. The number of benzene rings is 2. The number of piperidine rings is 1. The van der Waals surface area contributed by atoms with Crippen LogP contribution in [0.4, 0.5) is 0 Å². The number of ether oxygens (including phenoxy) is 1. The van der Waals surface area contributed by atoms with Gasteiger partial charge in [-0.3, -0.25) is 0 Å². The zero-order valence-electron chi connectivity index (χ0n) is 14.0. The molecular weight excluding hydrogens is 296 g/mol. The van der Waals surface area contributed by atoms with Crippen molar-refractivity contribution in [2.24, 2.45) is 4.99 Å². The van der Waals surface area contributed by atoms with Crippen molar-refractivity contribution in [2.75, 3.05) is 13.1 Å². The predicted molar refractivity (Wildman–Crippen MR) is 97.1 cm³/mol. The van der Waals surface area contributed by atoms with E-state index in [1.54, 1.807) is 0 Å². The number of amidine groups is 1. The summed E-state index contributed by atoms with van der Waals surface area (Å²) in [5, 5.41) is 0. The van der Waals surface area contributed by atoms with Gasteiger partial charge in [0.25, 0.3) is 6.02 Å². The molecule has 2 saturated heterocycles. The SMILES string of the molecule is c1ccc(CCN=C2OC(c3ccccc3)C3CCCCN23)cc1. The highest BCUT2D eigenvalue weighted by molar-refractivity contribution is 5.77. The molecule has 0 aromatic heterocycles. The largest absolute Gasteiger partial charge is 0.455 e. The summed E-state index contributed by atoms with van der Waals surface area (Å²) in [4.78, 5) is 7.19. The van der Waals surface area contributed by atoms with Crippen LogP contribution in [-0.2, 0) is 11.2 Å². The Balaban J connectivity index is 1.49. The molecule has 2 aliphatic heterocycles. The average Bonchev–Trinajstić information content (AvgIpc) is 3.02. The zero-order chi connectivity index (χ0) is 16.2. The van der Waals surface area contributed by atoms with Gasteiger partial charge in [0.05, 0.1) is 6.04 Å². The van der Waals surface area contributed by atoms with E-state index in [4.69, 9.17) is 9.73 Å². The lowest BCUT2D eigenvalue weighted by Crippen LogP contribution is -2.39. The Morgan fingerprint density at radius 2 is 1.71 bits per heavy atom. The molecule has 2 heterocycles. The van der Waals surface area contributed by atoms with E-state index in [9.17, 15) is 0 Å². The van der Waals surface area contributed by atoms with E-state index in [0.29, 0.717) is 6.04 Å². The third-order valence-electron chi connectivity index (χ3n) is 5.00. The Morgan fingerprint density at radius 3 is 2.50 bits per heavy atom. The van der Waals surface area contributed by atoms with Crippen LogP contribution in [0, 0.1) is 0 Å². The Kier molecular flexibility index (Phi) is 4.50. The van der Waals surface area contributed by atoms with Gasteiger partial charge in [-0.25, -0.2) is 4.99 Å². The number of nitrogens with zero attached hydrogens (tertiary/aromatic N) is 2. The molecule has 0 N–H and O–H groups in total. The molecule has 2 fully saturated rings. The summed E-state index contributed by atoms with van der Waals surface area (Å²) in [5.74, 6) is 0. The number of rotatable bonds is 4. The first-order valence-electron chi connectivity index (χ1n) is 8.98. The third-order valence-corrected chi connectivity index (χ3v) is 5.00. The molecule has 0 spiro atoms. The summed E-state index contributed by atoms with van der Waals surface area (Å²) in [6.45, 7) is 1.85. The van der Waals surface area contributed by atoms with Gasteiger partial charge in [0.1, 0.15) is 6.10 Å². The van der Waals surface area contributed by atoms with E-state index in [1.165, 1.54) is 30.4 Å². The summed E-state index contributed by atoms with van der Waals surface area (Å²) in [5.41, 5.74) is 2.59. The van der Waals surface area contributed by atoms with Gasteiger partial charge in [0, 0.05) is 13.1 Å². The van der Waals surface area contributed by atoms with Gasteiger partial charge >= 0.3 is 0 Å². The maximum atomic E-state index is 6.31. The second-order valence-corrected chi connectivity index (χ2v) is 6.61. The smallest absolute Gasteiger partial charge is 0.288 e. The van der Waals surface area contributed by atoms with Gasteiger partial charge in [-0.2, -0.15) is 0 Å². The van der Waals surface area contributed by atoms with Crippen molar-refractivity contribution in [1.82, 2.24) is 4.90 Å². The normalized spacial score (nSPS) is 24.7. The van der Waals surface area contributed by atoms with Gasteiger partial charge in [0.2, 0.25) is 0 Å². The quantitative estimate of drug-likeness (QED) is 0.843. The van der Waals surface area contributed by atoms with Gasteiger partial charge in [-0.15, -0.1) is 0 Å². The molecule has 2 unspecified atom stereocenters. The molecule has 2 aromatic rings. The second kappa shape index (κ2) is 7.08. The van der Waals surface area contributed by atoms with Crippen LogP contribution in [0.25, 0.3) is 0 Å². The Labute approximate surface area is 144 Å². The molecule has 2 aromatic carbocycles. The van der Waals surface area contributed by atoms with E-state index in [2.05, 4.69) is 65.6 Å². The first kappa shape index (κ1) is 15.3. The number of hydrogen-bond donors (Lipinski definition) is 0. The summed E-state index contributed by atoms with van der Waals surface area (Å²) >= 11 is 0. The first-order chi connectivity index (χ1) is 11.9. The molecule has 3 nitrogen and oxygen atoms in total. The van der Waals surface area contributed by atoms with Crippen LogP contribution in [0.1, 0.15) is 36.5 Å². The lowest BCUT2D eigenvalue weighted by molar-refractivity contribution is 0.168. The van der Waals surface area contributed by atoms with Crippen molar-refractivity contribution in [2.45, 2.75) is 37.8 Å². The molecule has 0 radical (unpaired) electrons. The average molecular weight is 320 g/mol. The lowest BCUT2D eigenvalue weighted by atomic mass is 9.94. The van der Waals surface area contributed by atoms with Crippen LogP contribution in [0.3, 0.4) is 0 Å². The fraction of sp³-hybridized carbons (Fsp3) is 0.381. The molecular formula is C21H24N2O. The summed E-state index contributed by atoms with van der Waals surface area (Å²) in [6, 6.07) is 22.4. The minimum atomic E-state index is 0.127. The summed E-state index contributed by atoms with van der Waals surface area (Å²) in [7, 11) is 0. The topological polar surface area (TPSA) is 24.8 Å². The molecule has 124 valence electrons. The summed E-state index contributed by atoms with van der Waals surface area (Å²) in [6.07, 6.45) is 4.80. The maximum Gasteiger partial charge on any atom is 0.288 e. The molecule has 2 atom stereocenters. The van der Waals surface area contributed by atoms with Crippen LogP contribution in [0.5, 0.6) is 0 Å². The van der Waals surface area contributed by atoms with Crippen LogP contribution in [-0.4, -0.2) is 30.1 Å². The second-order valence-electron chi connectivity index (χ2n) is 6.61. The Hall–Kier alpha value is -2.29. The molecule has 4 rings (SSSR count). The third kappa shape index (κ3) is 3.16. The van der Waals surface area contributed by atoms with Crippen LogP contribution < -0.4 is 0 Å². The Bertz CT molecular complexity index is 683. The molecule has 0 aliphatic carbocycles. The van der Waals surface area contributed by atoms with E-state index in [1.807, 2.05) is 0 Å². The predicted octanol–water partition coefficient (Wildman–Crippen LogP) is 4.21. The van der Waals surface area contributed by atoms with Crippen LogP contribution >= 0.6 is 0 Å². The van der Waals surface area contributed by atoms with Crippen molar-refractivity contribution in [3.05, 3.63) is 71.8 Å². The minimum absolute atomic E-state index is 0.127. The molecule has 3 heteroatoms. The van der Waals surface area contributed by atoms with Gasteiger partial charge in [-0.1, -0.05) is 60.7 Å². The highest BCUT2D eigenvalue weighted by Crippen LogP contribution is 2.37. The monoisotopic (exact) mass is 320 g/mol. The number of hydrogen-bond acceptors (Lipinski definition) is 2. The van der Waals surface area contributed by atoms with Crippen molar-refractivity contribution in [1.29, 1.82) is 0 Å². The zero-order valence-corrected chi connectivity index (χ0v) is 14.0. The van der Waals surface area contributed by atoms with Crippen LogP contribution in [0.15, 0.2) is 65.7 Å². The minimum Gasteiger partial charge on any atom is -0.455 e. The number of aliphatic imine (C=N–C) groups is 1. The fourth-order valence-corrected chi connectivity index (χ4v) is 3.76. The molecule has 0 saturated carbocycles.